The van der Waals surface area contributed by atoms with E-state index in [1.807, 2.05) is 6.07 Å². The number of hydrogen-bond donors (Lipinski definition) is 1. The Morgan fingerprint density at radius 1 is 0.905 bits per heavy atom. The first kappa shape index (κ1) is 15.4. The Labute approximate surface area is 128 Å². The summed E-state index contributed by atoms with van der Waals surface area (Å²) < 4.78 is 0. The van der Waals surface area contributed by atoms with E-state index in [4.69, 9.17) is 0 Å². The molecule has 0 heterocycles. The summed E-state index contributed by atoms with van der Waals surface area (Å²) in [7, 11) is 0. The molecule has 0 bridgehead atoms. The van der Waals surface area contributed by atoms with E-state index in [1.54, 1.807) is 0 Å². The lowest BCUT2D eigenvalue weighted by atomic mass is 9.94. The van der Waals surface area contributed by atoms with Crippen LogP contribution < -0.4 is 5.32 Å². The minimum Gasteiger partial charge on any atom is -0.355 e. The van der Waals surface area contributed by atoms with E-state index in [2.05, 4.69) is 87.6 Å². The number of allylic oxidation sites excluding steroid dienone is 1. The predicted octanol–water partition coefficient (Wildman–Crippen LogP) is 5.74. The monoisotopic (exact) mass is 279 g/mol. The molecule has 1 heteroatoms. The average molecular weight is 279 g/mol. The molecule has 1 nitrogen and oxygen atoms in total. The number of anilines is 1. The van der Waals surface area contributed by atoms with Crippen molar-refractivity contribution in [2.75, 3.05) is 5.32 Å². The van der Waals surface area contributed by atoms with Gasteiger partial charge < -0.3 is 5.32 Å². The molecule has 1 unspecified atom stereocenters. The van der Waals surface area contributed by atoms with Gasteiger partial charge in [0.05, 0.1) is 0 Å². The van der Waals surface area contributed by atoms with Gasteiger partial charge in [-0.3, -0.25) is 0 Å². The van der Waals surface area contributed by atoms with Crippen molar-refractivity contribution in [2.24, 2.45) is 11.8 Å². The van der Waals surface area contributed by atoms with Gasteiger partial charge in [-0.1, -0.05) is 69.3 Å². The summed E-state index contributed by atoms with van der Waals surface area (Å²) in [6.07, 6.45) is 2.35. The van der Waals surface area contributed by atoms with Crippen molar-refractivity contribution in [2.45, 2.75) is 27.7 Å². The Morgan fingerprint density at radius 2 is 1.52 bits per heavy atom. The number of benzene rings is 2. The van der Waals surface area contributed by atoms with Gasteiger partial charge >= 0.3 is 0 Å². The molecule has 2 rings (SSSR count). The van der Waals surface area contributed by atoms with Gasteiger partial charge in [0.15, 0.2) is 0 Å². The van der Waals surface area contributed by atoms with Crippen molar-refractivity contribution in [3.63, 3.8) is 0 Å². The molecular formula is C20H25N. The van der Waals surface area contributed by atoms with Crippen LogP contribution in [0.1, 0.15) is 31.9 Å². The van der Waals surface area contributed by atoms with E-state index in [-0.39, 0.29) is 0 Å². The van der Waals surface area contributed by atoms with E-state index in [0.717, 1.165) is 5.69 Å². The van der Waals surface area contributed by atoms with E-state index < -0.39 is 0 Å². The number of para-hydroxylation sites is 1. The maximum Gasteiger partial charge on any atom is 0.0422 e. The number of rotatable bonds is 5. The summed E-state index contributed by atoms with van der Waals surface area (Å²) in [4.78, 5) is 0. The van der Waals surface area contributed by atoms with E-state index >= 15 is 0 Å². The van der Waals surface area contributed by atoms with E-state index in [9.17, 15) is 0 Å². The SMILES string of the molecule is Cc1ccccc1/C(=C\C(C)C(C)C)Nc1ccccc1. The lowest BCUT2D eigenvalue weighted by Gasteiger charge is -2.18. The molecule has 2 aromatic carbocycles. The molecule has 0 aromatic heterocycles. The second-order valence-electron chi connectivity index (χ2n) is 5.99. The molecule has 0 aliphatic rings. The largest absolute Gasteiger partial charge is 0.355 e. The molecule has 0 spiro atoms. The van der Waals surface area contributed by atoms with Crippen molar-refractivity contribution >= 4 is 11.4 Å². The molecule has 21 heavy (non-hydrogen) atoms. The van der Waals surface area contributed by atoms with Gasteiger partial charge in [0.2, 0.25) is 0 Å². The van der Waals surface area contributed by atoms with E-state index in [1.165, 1.54) is 16.8 Å². The summed E-state index contributed by atoms with van der Waals surface area (Å²) in [6.45, 7) is 8.96. The maximum atomic E-state index is 3.58. The highest BCUT2D eigenvalue weighted by molar-refractivity contribution is 5.78. The van der Waals surface area contributed by atoms with Crippen molar-refractivity contribution in [3.05, 3.63) is 71.8 Å². The molecule has 0 aliphatic carbocycles. The first-order chi connectivity index (χ1) is 10.1. The minimum absolute atomic E-state index is 0.524. The van der Waals surface area contributed by atoms with Gasteiger partial charge in [0.1, 0.15) is 0 Å². The zero-order chi connectivity index (χ0) is 15.2. The van der Waals surface area contributed by atoms with Crippen molar-refractivity contribution < 1.29 is 0 Å². The fraction of sp³-hybridized carbons (Fsp3) is 0.300. The van der Waals surface area contributed by atoms with Crippen LogP contribution >= 0.6 is 0 Å². The standard InChI is InChI=1S/C20H25N/c1-15(2)17(4)14-20(19-13-9-8-10-16(19)3)21-18-11-6-5-7-12-18/h5-15,17,21H,1-4H3/b20-14+. The number of nitrogens with one attached hydrogen (secondary N) is 1. The summed E-state index contributed by atoms with van der Waals surface area (Å²) >= 11 is 0. The normalized spacial score (nSPS) is 13.3. The van der Waals surface area contributed by atoms with Gasteiger partial charge in [-0.15, -0.1) is 0 Å². The van der Waals surface area contributed by atoms with Crippen LogP contribution in [-0.4, -0.2) is 0 Å². The Kier molecular flexibility index (Phi) is 5.21. The van der Waals surface area contributed by atoms with Crippen LogP contribution in [0.25, 0.3) is 5.70 Å². The lowest BCUT2D eigenvalue weighted by Crippen LogP contribution is -2.06. The quantitative estimate of drug-likeness (QED) is 0.736. The summed E-state index contributed by atoms with van der Waals surface area (Å²) in [5.74, 6) is 1.15. The van der Waals surface area contributed by atoms with Gasteiger partial charge in [-0.05, 0) is 36.5 Å². The van der Waals surface area contributed by atoms with Gasteiger partial charge in [-0.2, -0.15) is 0 Å². The molecule has 0 saturated carbocycles. The minimum atomic E-state index is 0.524. The highest BCUT2D eigenvalue weighted by Gasteiger charge is 2.10. The Bertz CT molecular complexity index is 596. The second-order valence-corrected chi connectivity index (χ2v) is 5.99. The Balaban J connectivity index is 2.38. The smallest absolute Gasteiger partial charge is 0.0422 e. The van der Waals surface area contributed by atoms with Crippen LogP contribution in [0.4, 0.5) is 5.69 Å². The number of aryl methyl sites for hydroxylation is 1. The van der Waals surface area contributed by atoms with Crippen LogP contribution in [0.2, 0.25) is 0 Å². The molecular weight excluding hydrogens is 254 g/mol. The summed E-state index contributed by atoms with van der Waals surface area (Å²) in [5.41, 5.74) is 4.89. The number of hydrogen-bond acceptors (Lipinski definition) is 1. The third-order valence-corrected chi connectivity index (χ3v) is 3.97. The summed E-state index contributed by atoms with van der Waals surface area (Å²) in [6, 6.07) is 18.9. The molecule has 0 aliphatic heterocycles. The maximum absolute atomic E-state index is 3.58. The molecule has 1 N–H and O–H groups in total. The van der Waals surface area contributed by atoms with Crippen LogP contribution in [-0.2, 0) is 0 Å². The molecule has 2 aromatic rings. The zero-order valence-corrected chi connectivity index (χ0v) is 13.4. The van der Waals surface area contributed by atoms with Gasteiger partial charge in [0, 0.05) is 16.9 Å². The zero-order valence-electron chi connectivity index (χ0n) is 13.4. The summed E-state index contributed by atoms with van der Waals surface area (Å²) in [5, 5.41) is 3.58. The topological polar surface area (TPSA) is 12.0 Å². The fourth-order valence-electron chi connectivity index (χ4n) is 2.21. The highest BCUT2D eigenvalue weighted by Crippen LogP contribution is 2.25. The van der Waals surface area contributed by atoms with Crippen LogP contribution in [0.3, 0.4) is 0 Å². The molecule has 0 amide bonds. The predicted molar refractivity (Wildman–Crippen MR) is 93.2 cm³/mol. The molecule has 0 saturated heterocycles. The van der Waals surface area contributed by atoms with Crippen LogP contribution in [0.5, 0.6) is 0 Å². The molecule has 110 valence electrons. The molecule has 1 atom stereocenters. The van der Waals surface area contributed by atoms with E-state index in [0.29, 0.717) is 11.8 Å². The first-order valence-electron chi connectivity index (χ1n) is 7.68. The third-order valence-electron chi connectivity index (χ3n) is 3.97. The van der Waals surface area contributed by atoms with Crippen LogP contribution in [0.15, 0.2) is 60.7 Å². The van der Waals surface area contributed by atoms with Crippen molar-refractivity contribution in [1.29, 1.82) is 0 Å². The Hall–Kier alpha value is -2.02. The second kappa shape index (κ2) is 7.12. The first-order valence-corrected chi connectivity index (χ1v) is 7.68. The fourth-order valence-corrected chi connectivity index (χ4v) is 2.21. The molecule has 0 fully saturated rings. The average Bonchev–Trinajstić information content (AvgIpc) is 2.48. The lowest BCUT2D eigenvalue weighted by molar-refractivity contribution is 0.505. The van der Waals surface area contributed by atoms with Crippen molar-refractivity contribution in [1.82, 2.24) is 0 Å². The highest BCUT2D eigenvalue weighted by atomic mass is 14.9. The Morgan fingerprint density at radius 3 is 2.14 bits per heavy atom. The third kappa shape index (κ3) is 4.22. The van der Waals surface area contributed by atoms with Gasteiger partial charge in [-0.25, -0.2) is 0 Å². The van der Waals surface area contributed by atoms with Gasteiger partial charge in [0.25, 0.3) is 0 Å². The van der Waals surface area contributed by atoms with Crippen molar-refractivity contribution in [3.8, 4) is 0 Å². The molecule has 0 radical (unpaired) electrons. The van der Waals surface area contributed by atoms with Crippen LogP contribution in [0, 0.1) is 18.8 Å².